The van der Waals surface area contributed by atoms with Crippen molar-refractivity contribution in [2.24, 2.45) is 7.05 Å². The molecule has 0 aliphatic heterocycles. The molecule has 1 heterocycles. The van der Waals surface area contributed by atoms with Gasteiger partial charge in [-0.1, -0.05) is 0 Å². The maximum atomic E-state index is 11.3. The summed E-state index contributed by atoms with van der Waals surface area (Å²) in [5.41, 5.74) is -0.495. The van der Waals surface area contributed by atoms with Crippen molar-refractivity contribution in [3.63, 3.8) is 0 Å². The Morgan fingerprint density at radius 3 is 2.62 bits per heavy atom. The number of ether oxygens (including phenoxy) is 1. The lowest BCUT2D eigenvalue weighted by atomic mass is 10.2. The van der Waals surface area contributed by atoms with Crippen LogP contribution >= 0.6 is 15.9 Å². The van der Waals surface area contributed by atoms with E-state index in [1.165, 1.54) is 0 Å². The Morgan fingerprint density at radius 2 is 2.19 bits per heavy atom. The Hall–Kier alpha value is -1.11. The Bertz CT molecular complexity index is 383. The molecule has 6 nitrogen and oxygen atoms in total. The monoisotopic (exact) mass is 290 g/mol. The summed E-state index contributed by atoms with van der Waals surface area (Å²) in [6.45, 7) is 5.71. The van der Waals surface area contributed by atoms with Crippen LogP contribution in [0.4, 0.5) is 4.79 Å². The summed E-state index contributed by atoms with van der Waals surface area (Å²) in [5, 5.41) is 6.60. The van der Waals surface area contributed by atoms with Crippen molar-refractivity contribution in [3.8, 4) is 0 Å². The topological polar surface area (TPSA) is 69.0 Å². The molecule has 0 aromatic carbocycles. The average Bonchev–Trinajstić information content (AvgIpc) is 2.38. The molecule has 0 bridgehead atoms. The number of nitrogens with zero attached hydrogens (tertiary/aromatic N) is 3. The predicted molar refractivity (Wildman–Crippen MR) is 61.8 cm³/mol. The smallest absolute Gasteiger partial charge is 0.408 e. The third-order valence-electron chi connectivity index (χ3n) is 1.62. The summed E-state index contributed by atoms with van der Waals surface area (Å²) in [4.78, 5) is 15.4. The minimum absolute atomic E-state index is 0.282. The van der Waals surface area contributed by atoms with Crippen molar-refractivity contribution >= 4 is 22.0 Å². The van der Waals surface area contributed by atoms with Crippen LogP contribution in [0, 0.1) is 0 Å². The zero-order chi connectivity index (χ0) is 12.3. The SMILES string of the molecule is Cn1nc(Br)nc1CNC(=O)OC(C)(C)C. The number of hydrogen-bond donors (Lipinski definition) is 1. The van der Waals surface area contributed by atoms with E-state index in [4.69, 9.17) is 4.74 Å². The molecule has 0 spiro atoms. The standard InChI is InChI=1S/C9H15BrN4O2/c1-9(2,3)16-8(15)11-5-6-12-7(10)13-14(6)4/h5H2,1-4H3,(H,11,15). The van der Waals surface area contributed by atoms with Gasteiger partial charge in [-0.3, -0.25) is 4.68 Å². The van der Waals surface area contributed by atoms with E-state index in [0.717, 1.165) is 0 Å². The quantitative estimate of drug-likeness (QED) is 0.898. The van der Waals surface area contributed by atoms with Crippen LogP contribution in [0.15, 0.2) is 4.73 Å². The molecule has 0 aliphatic carbocycles. The van der Waals surface area contributed by atoms with Crippen molar-refractivity contribution < 1.29 is 9.53 Å². The Labute approximate surface area is 103 Å². The lowest BCUT2D eigenvalue weighted by Crippen LogP contribution is -2.32. The number of aromatic nitrogens is 3. The first-order valence-corrected chi connectivity index (χ1v) is 5.59. The maximum Gasteiger partial charge on any atom is 0.408 e. The van der Waals surface area contributed by atoms with Crippen molar-refractivity contribution in [1.29, 1.82) is 0 Å². The number of nitrogens with one attached hydrogen (secondary N) is 1. The molecule has 1 aromatic heterocycles. The Morgan fingerprint density at radius 1 is 1.56 bits per heavy atom. The third kappa shape index (κ3) is 4.18. The fraction of sp³-hybridized carbons (Fsp3) is 0.667. The van der Waals surface area contributed by atoms with Crippen LogP contribution in [0.3, 0.4) is 0 Å². The minimum Gasteiger partial charge on any atom is -0.444 e. The molecule has 1 amide bonds. The molecule has 0 radical (unpaired) electrons. The highest BCUT2D eigenvalue weighted by atomic mass is 79.9. The number of carbonyl (C=O) groups excluding carboxylic acids is 1. The molecule has 1 N–H and O–H groups in total. The van der Waals surface area contributed by atoms with Gasteiger partial charge in [0.05, 0.1) is 6.54 Å². The van der Waals surface area contributed by atoms with Crippen LogP contribution in [0.1, 0.15) is 26.6 Å². The first-order valence-electron chi connectivity index (χ1n) is 4.80. The average molecular weight is 291 g/mol. The molecule has 0 saturated carbocycles. The van der Waals surface area contributed by atoms with E-state index in [-0.39, 0.29) is 6.54 Å². The minimum atomic E-state index is -0.495. The summed E-state index contributed by atoms with van der Waals surface area (Å²) >= 11 is 3.15. The van der Waals surface area contributed by atoms with E-state index >= 15 is 0 Å². The van der Waals surface area contributed by atoms with Crippen molar-refractivity contribution in [1.82, 2.24) is 20.1 Å². The van der Waals surface area contributed by atoms with E-state index in [2.05, 4.69) is 31.3 Å². The number of amides is 1. The van der Waals surface area contributed by atoms with E-state index in [9.17, 15) is 4.79 Å². The van der Waals surface area contributed by atoms with Gasteiger partial charge in [-0.05, 0) is 36.7 Å². The van der Waals surface area contributed by atoms with E-state index in [1.807, 2.05) is 20.8 Å². The highest BCUT2D eigenvalue weighted by Crippen LogP contribution is 2.07. The molecule has 16 heavy (non-hydrogen) atoms. The number of rotatable bonds is 2. The van der Waals surface area contributed by atoms with E-state index < -0.39 is 11.7 Å². The molecule has 1 aromatic rings. The van der Waals surface area contributed by atoms with Crippen molar-refractivity contribution in [3.05, 3.63) is 10.6 Å². The van der Waals surface area contributed by atoms with Crippen LogP contribution in [0.2, 0.25) is 0 Å². The molecule has 0 aliphatic rings. The first kappa shape index (κ1) is 13.0. The largest absolute Gasteiger partial charge is 0.444 e. The fourth-order valence-electron chi connectivity index (χ4n) is 1.00. The molecule has 0 unspecified atom stereocenters. The Balaban J connectivity index is 2.46. The fourth-order valence-corrected chi connectivity index (χ4v) is 1.44. The molecule has 7 heteroatoms. The van der Waals surface area contributed by atoms with Crippen molar-refractivity contribution in [2.75, 3.05) is 0 Å². The molecule has 0 fully saturated rings. The highest BCUT2D eigenvalue weighted by molar-refractivity contribution is 9.10. The maximum absolute atomic E-state index is 11.3. The molecular weight excluding hydrogens is 276 g/mol. The van der Waals surface area contributed by atoms with Gasteiger partial charge in [0.25, 0.3) is 0 Å². The van der Waals surface area contributed by atoms with Crippen LogP contribution in [0.5, 0.6) is 0 Å². The summed E-state index contributed by atoms with van der Waals surface area (Å²) in [7, 11) is 1.75. The van der Waals surface area contributed by atoms with Crippen LogP contribution in [-0.4, -0.2) is 26.5 Å². The number of aryl methyl sites for hydroxylation is 1. The molecule has 1 rings (SSSR count). The van der Waals surface area contributed by atoms with Gasteiger partial charge >= 0.3 is 6.09 Å². The first-order chi connectivity index (χ1) is 7.28. The van der Waals surface area contributed by atoms with Gasteiger partial charge < -0.3 is 10.1 Å². The second-order valence-corrected chi connectivity index (χ2v) is 4.99. The summed E-state index contributed by atoms with van der Waals surface area (Å²) in [5.74, 6) is 0.651. The van der Waals surface area contributed by atoms with Crippen LogP contribution in [0.25, 0.3) is 0 Å². The number of carbonyl (C=O) groups is 1. The zero-order valence-electron chi connectivity index (χ0n) is 9.74. The second-order valence-electron chi connectivity index (χ2n) is 4.28. The number of hydrogen-bond acceptors (Lipinski definition) is 4. The van der Waals surface area contributed by atoms with Gasteiger partial charge in [0, 0.05) is 7.05 Å². The lowest BCUT2D eigenvalue weighted by Gasteiger charge is -2.19. The van der Waals surface area contributed by atoms with Gasteiger partial charge in [0.15, 0.2) is 0 Å². The van der Waals surface area contributed by atoms with Crippen LogP contribution in [-0.2, 0) is 18.3 Å². The summed E-state index contributed by atoms with van der Waals surface area (Å²) in [6, 6.07) is 0. The van der Waals surface area contributed by atoms with Gasteiger partial charge in [0.1, 0.15) is 11.4 Å². The summed E-state index contributed by atoms with van der Waals surface area (Å²) < 4.78 is 7.17. The van der Waals surface area contributed by atoms with Gasteiger partial charge in [-0.25, -0.2) is 9.78 Å². The van der Waals surface area contributed by atoms with Gasteiger partial charge in [0.2, 0.25) is 4.73 Å². The zero-order valence-corrected chi connectivity index (χ0v) is 11.3. The summed E-state index contributed by atoms with van der Waals surface area (Å²) in [6.07, 6.45) is -0.466. The lowest BCUT2D eigenvalue weighted by molar-refractivity contribution is 0.0521. The van der Waals surface area contributed by atoms with Crippen molar-refractivity contribution in [2.45, 2.75) is 32.9 Å². The molecule has 0 saturated heterocycles. The van der Waals surface area contributed by atoms with Gasteiger partial charge in [-0.15, -0.1) is 5.10 Å². The predicted octanol–water partition coefficient (Wildman–Crippen LogP) is 1.60. The Kier molecular flexibility index (Phi) is 3.90. The number of alkyl carbamates (subject to hydrolysis) is 1. The highest BCUT2D eigenvalue weighted by Gasteiger charge is 2.16. The van der Waals surface area contributed by atoms with Crippen LogP contribution < -0.4 is 5.32 Å². The normalized spacial score (nSPS) is 11.3. The molecule has 90 valence electrons. The number of halogens is 1. The third-order valence-corrected chi connectivity index (χ3v) is 1.95. The molecular formula is C9H15BrN4O2. The van der Waals surface area contributed by atoms with E-state index in [1.54, 1.807) is 11.7 Å². The van der Waals surface area contributed by atoms with E-state index in [0.29, 0.717) is 10.6 Å². The van der Waals surface area contributed by atoms with Gasteiger partial charge in [-0.2, -0.15) is 0 Å². The second kappa shape index (κ2) is 4.82. The molecule has 0 atom stereocenters.